The largest absolute Gasteiger partial charge is 0.299 e. The molecule has 1 nitrogen and oxygen atoms in total. The Hall–Kier alpha value is -1.11. The Bertz CT molecular complexity index is 421. The molecule has 0 radical (unpaired) electrons. The average molecular weight is 258 g/mol. The van der Waals surface area contributed by atoms with Crippen molar-refractivity contribution in [1.82, 2.24) is 0 Å². The van der Waals surface area contributed by atoms with Crippen LogP contribution in [0.1, 0.15) is 56.6 Å². The van der Waals surface area contributed by atoms with E-state index in [2.05, 4.69) is 38.1 Å². The van der Waals surface area contributed by atoms with Crippen LogP contribution in [0.15, 0.2) is 24.3 Å². The van der Waals surface area contributed by atoms with Crippen LogP contribution < -0.4 is 0 Å². The SMILES string of the molecule is CCC1CCCC(C(=O)CCc2ccccc2C)C1. The zero-order valence-corrected chi connectivity index (χ0v) is 12.3. The molecule has 0 amide bonds. The first-order valence-electron chi connectivity index (χ1n) is 7.78. The van der Waals surface area contributed by atoms with E-state index in [0.717, 1.165) is 31.6 Å². The van der Waals surface area contributed by atoms with Crippen LogP contribution in [-0.4, -0.2) is 5.78 Å². The normalized spacial score (nSPS) is 23.3. The van der Waals surface area contributed by atoms with E-state index in [0.29, 0.717) is 11.7 Å². The molecule has 1 aliphatic rings. The van der Waals surface area contributed by atoms with E-state index in [4.69, 9.17) is 0 Å². The van der Waals surface area contributed by atoms with Crippen molar-refractivity contribution in [3.05, 3.63) is 35.4 Å². The monoisotopic (exact) mass is 258 g/mol. The van der Waals surface area contributed by atoms with Crippen LogP contribution >= 0.6 is 0 Å². The van der Waals surface area contributed by atoms with Gasteiger partial charge in [0.2, 0.25) is 0 Å². The van der Waals surface area contributed by atoms with Gasteiger partial charge in [-0.25, -0.2) is 0 Å². The van der Waals surface area contributed by atoms with Gasteiger partial charge in [-0.1, -0.05) is 50.5 Å². The second-order valence-corrected chi connectivity index (χ2v) is 6.03. The van der Waals surface area contributed by atoms with Crippen molar-refractivity contribution < 1.29 is 4.79 Å². The summed E-state index contributed by atoms with van der Waals surface area (Å²) in [5, 5.41) is 0. The minimum Gasteiger partial charge on any atom is -0.299 e. The van der Waals surface area contributed by atoms with Gasteiger partial charge >= 0.3 is 0 Å². The molecule has 1 aromatic carbocycles. The summed E-state index contributed by atoms with van der Waals surface area (Å²) in [6.07, 6.45) is 7.73. The van der Waals surface area contributed by atoms with E-state index in [1.807, 2.05) is 0 Å². The lowest BCUT2D eigenvalue weighted by molar-refractivity contribution is -0.124. The molecule has 1 heteroatoms. The van der Waals surface area contributed by atoms with Crippen molar-refractivity contribution >= 4 is 5.78 Å². The smallest absolute Gasteiger partial charge is 0.136 e. The summed E-state index contributed by atoms with van der Waals surface area (Å²) >= 11 is 0. The molecule has 104 valence electrons. The molecule has 0 N–H and O–H groups in total. The van der Waals surface area contributed by atoms with E-state index in [1.165, 1.54) is 30.4 Å². The molecule has 1 aliphatic carbocycles. The molecule has 1 fully saturated rings. The van der Waals surface area contributed by atoms with Crippen molar-refractivity contribution in [2.75, 3.05) is 0 Å². The predicted octanol–water partition coefficient (Wildman–Crippen LogP) is 4.71. The van der Waals surface area contributed by atoms with E-state index in [-0.39, 0.29) is 0 Å². The van der Waals surface area contributed by atoms with Crippen molar-refractivity contribution in [3.8, 4) is 0 Å². The first-order valence-corrected chi connectivity index (χ1v) is 7.78. The van der Waals surface area contributed by atoms with Gasteiger partial charge < -0.3 is 0 Å². The van der Waals surface area contributed by atoms with Gasteiger partial charge in [0.15, 0.2) is 0 Å². The minimum absolute atomic E-state index is 0.350. The highest BCUT2D eigenvalue weighted by Gasteiger charge is 2.25. The zero-order chi connectivity index (χ0) is 13.7. The maximum Gasteiger partial charge on any atom is 0.136 e. The van der Waals surface area contributed by atoms with Gasteiger partial charge in [0.1, 0.15) is 5.78 Å². The van der Waals surface area contributed by atoms with Gasteiger partial charge in [-0.2, -0.15) is 0 Å². The molecule has 0 spiro atoms. The van der Waals surface area contributed by atoms with Crippen LogP contribution in [0, 0.1) is 18.8 Å². The lowest BCUT2D eigenvalue weighted by atomic mass is 9.77. The van der Waals surface area contributed by atoms with Gasteiger partial charge in [0, 0.05) is 12.3 Å². The summed E-state index contributed by atoms with van der Waals surface area (Å²) in [4.78, 5) is 12.3. The molecule has 0 heterocycles. The summed E-state index contributed by atoms with van der Waals surface area (Å²) < 4.78 is 0. The molecular weight excluding hydrogens is 232 g/mol. The molecule has 0 aliphatic heterocycles. The molecular formula is C18H26O. The lowest BCUT2D eigenvalue weighted by Crippen LogP contribution is -2.23. The van der Waals surface area contributed by atoms with Gasteiger partial charge in [0.05, 0.1) is 0 Å². The predicted molar refractivity (Wildman–Crippen MR) is 80.2 cm³/mol. The number of hydrogen-bond acceptors (Lipinski definition) is 1. The highest BCUT2D eigenvalue weighted by atomic mass is 16.1. The Morgan fingerprint density at radius 2 is 2.05 bits per heavy atom. The second kappa shape index (κ2) is 6.88. The first-order chi connectivity index (χ1) is 9.20. The summed E-state index contributed by atoms with van der Waals surface area (Å²) in [5.41, 5.74) is 2.64. The summed E-state index contributed by atoms with van der Waals surface area (Å²) in [7, 11) is 0. The Balaban J connectivity index is 1.86. The number of rotatable bonds is 5. The fourth-order valence-corrected chi connectivity index (χ4v) is 3.31. The third-order valence-corrected chi connectivity index (χ3v) is 4.72. The number of aryl methyl sites for hydroxylation is 2. The molecule has 19 heavy (non-hydrogen) atoms. The van der Waals surface area contributed by atoms with Crippen LogP contribution in [0.3, 0.4) is 0 Å². The Morgan fingerprint density at radius 1 is 1.26 bits per heavy atom. The molecule has 2 unspecified atom stereocenters. The Labute approximate surface area is 117 Å². The zero-order valence-electron chi connectivity index (χ0n) is 12.3. The Kier molecular flexibility index (Phi) is 5.18. The Morgan fingerprint density at radius 3 is 2.79 bits per heavy atom. The van der Waals surface area contributed by atoms with Crippen LogP contribution in [-0.2, 0) is 11.2 Å². The number of Topliss-reactive ketones (excluding diaryl/α,β-unsaturated/α-hetero) is 1. The number of carbonyl (C=O) groups excluding carboxylic acids is 1. The van der Waals surface area contributed by atoms with E-state index < -0.39 is 0 Å². The highest BCUT2D eigenvalue weighted by Crippen LogP contribution is 2.32. The second-order valence-electron chi connectivity index (χ2n) is 6.03. The third kappa shape index (κ3) is 3.92. The standard InChI is InChI=1S/C18H26O/c1-3-15-8-6-10-17(13-15)18(19)12-11-16-9-5-4-7-14(16)2/h4-5,7,9,15,17H,3,6,8,10-13H2,1-2H3. The van der Waals surface area contributed by atoms with Crippen LogP contribution in [0.5, 0.6) is 0 Å². The fourth-order valence-electron chi connectivity index (χ4n) is 3.31. The summed E-state index contributed by atoms with van der Waals surface area (Å²) in [6.45, 7) is 4.39. The topological polar surface area (TPSA) is 17.1 Å². The average Bonchev–Trinajstić information content (AvgIpc) is 2.46. The van der Waals surface area contributed by atoms with E-state index >= 15 is 0 Å². The van der Waals surface area contributed by atoms with Crippen LogP contribution in [0.2, 0.25) is 0 Å². The van der Waals surface area contributed by atoms with Crippen molar-refractivity contribution in [2.45, 2.75) is 58.8 Å². The number of carbonyl (C=O) groups is 1. The molecule has 2 rings (SSSR count). The van der Waals surface area contributed by atoms with Gasteiger partial charge in [-0.05, 0) is 43.2 Å². The van der Waals surface area contributed by atoms with Gasteiger partial charge in [0.25, 0.3) is 0 Å². The molecule has 0 bridgehead atoms. The summed E-state index contributed by atoms with van der Waals surface area (Å²) in [6, 6.07) is 8.42. The fraction of sp³-hybridized carbons (Fsp3) is 0.611. The number of benzene rings is 1. The molecule has 0 saturated heterocycles. The van der Waals surface area contributed by atoms with Crippen molar-refractivity contribution in [1.29, 1.82) is 0 Å². The highest BCUT2D eigenvalue weighted by molar-refractivity contribution is 5.81. The minimum atomic E-state index is 0.350. The number of ketones is 1. The maximum absolute atomic E-state index is 12.3. The molecule has 2 atom stereocenters. The lowest BCUT2D eigenvalue weighted by Gasteiger charge is -2.27. The van der Waals surface area contributed by atoms with Crippen molar-refractivity contribution in [3.63, 3.8) is 0 Å². The quantitative estimate of drug-likeness (QED) is 0.747. The van der Waals surface area contributed by atoms with Crippen LogP contribution in [0.4, 0.5) is 0 Å². The maximum atomic E-state index is 12.3. The molecule has 1 saturated carbocycles. The van der Waals surface area contributed by atoms with Gasteiger partial charge in [-0.3, -0.25) is 4.79 Å². The third-order valence-electron chi connectivity index (χ3n) is 4.72. The molecule has 0 aromatic heterocycles. The van der Waals surface area contributed by atoms with E-state index in [1.54, 1.807) is 0 Å². The summed E-state index contributed by atoms with van der Waals surface area (Å²) in [5.74, 6) is 1.64. The van der Waals surface area contributed by atoms with Crippen LogP contribution in [0.25, 0.3) is 0 Å². The van der Waals surface area contributed by atoms with Crippen molar-refractivity contribution in [2.24, 2.45) is 11.8 Å². The first kappa shape index (κ1) is 14.3. The van der Waals surface area contributed by atoms with Gasteiger partial charge in [-0.15, -0.1) is 0 Å². The molecule has 1 aromatic rings. The van der Waals surface area contributed by atoms with E-state index in [9.17, 15) is 4.79 Å². The number of hydrogen-bond donors (Lipinski definition) is 0.